The number of carbonyl (C=O) groups excluding carboxylic acids is 10. The summed E-state index contributed by atoms with van der Waals surface area (Å²) in [6, 6.07) is 17.3. The van der Waals surface area contributed by atoms with E-state index in [1.54, 1.807) is 26.8 Å². The lowest BCUT2D eigenvalue weighted by Gasteiger charge is -2.33. The Hall–Kier alpha value is -10.8. The van der Waals surface area contributed by atoms with Crippen LogP contribution < -0.4 is 65.5 Å². The largest absolute Gasteiger partial charge is 0.508 e. The number of aliphatic carboxylic acids is 2. The Morgan fingerprint density at radius 3 is 1.74 bits per heavy atom. The van der Waals surface area contributed by atoms with Crippen molar-refractivity contribution in [1.82, 2.24) is 61.7 Å². The van der Waals surface area contributed by atoms with Gasteiger partial charge >= 0.3 is 11.9 Å². The van der Waals surface area contributed by atoms with Crippen LogP contribution in [0.2, 0.25) is 0 Å². The summed E-state index contributed by atoms with van der Waals surface area (Å²) in [7, 11) is 1.36. The number of amides is 9. The predicted molar refractivity (Wildman–Crippen MR) is 383 cm³/mol. The van der Waals surface area contributed by atoms with Gasteiger partial charge in [0, 0.05) is 103 Å². The van der Waals surface area contributed by atoms with Gasteiger partial charge in [-0.05, 0) is 111 Å². The van der Waals surface area contributed by atoms with Gasteiger partial charge in [-0.15, -0.1) is 0 Å². The van der Waals surface area contributed by atoms with Gasteiger partial charge in [0.1, 0.15) is 47.8 Å². The molecular formula is C69H97N19O15. The van der Waals surface area contributed by atoms with Crippen molar-refractivity contribution < 1.29 is 72.9 Å². The number of carboxylic acids is 2. The molecule has 2 heterocycles. The third kappa shape index (κ3) is 28.6. The molecule has 0 spiro atoms. The number of Topliss-reactive ketones (excluding diaryl/α,β-unsaturated/α-hetero) is 1. The highest BCUT2D eigenvalue weighted by molar-refractivity contribution is 6.00. The molecule has 2 fully saturated rings. The number of hydrogen-bond donors (Lipinski definition) is 15. The maximum atomic E-state index is 14.8. The highest BCUT2D eigenvalue weighted by atomic mass is 16.4. The number of aliphatic imine (C=N–C) groups is 2. The highest BCUT2D eigenvalue weighted by Crippen LogP contribution is 2.20. The topological polar surface area (TPSA) is 507 Å². The summed E-state index contributed by atoms with van der Waals surface area (Å²) < 4.78 is 0. The van der Waals surface area contributed by atoms with Gasteiger partial charge in [0.2, 0.25) is 47.3 Å². The first-order chi connectivity index (χ1) is 49.1. The average Bonchev–Trinajstić information content (AvgIpc) is 1.53. The number of nitrogens with two attached hydrogens (primary N) is 4. The number of phenols is 1. The lowest BCUT2D eigenvalue weighted by atomic mass is 10.00. The van der Waals surface area contributed by atoms with Gasteiger partial charge < -0.3 is 85.7 Å². The number of fused-ring (bicyclic) bond motifs is 1. The van der Waals surface area contributed by atoms with Crippen molar-refractivity contribution in [3.05, 3.63) is 108 Å². The van der Waals surface area contributed by atoms with Crippen LogP contribution in [0.1, 0.15) is 73.9 Å². The lowest BCUT2D eigenvalue weighted by Crippen LogP contribution is -2.58. The number of carboxylic acid groups (broad SMARTS) is 2. The standard InChI is InChI=1S/C69H97N19O15/c1-43(89)39-85-27-29-86(30-32-88(42-60(95)96)34-33-87(31-28-85)41-59(93)94)40-58(92)80-52(11-6-25-75-68(70)71)64(100)78-44(2)61(97)79-50-20-18-48(19-21-50)62(98)74-24-8-13-56-66(102)82-53(12-7-26-76-69(72)73)65(101)83-54(37-46-14-17-47-9-4-5-10-49(47)35-46)63(99)77-38-57(91)81-55(67(103)84(56)3)36-45-15-22-51(90)23-16-45/h4-5,9-10,14-23,35,44,52-56,90H,6-8,11-13,24-34,36-42H2,1-3H3,(H,74,98)(H,77,99)(H,78,100)(H,79,97)(H,80,92)(H,81,91)(H,82,102)(H,83,101)(H,93,94)(H,95,96)(H4,70,71,75)(H4,72,73,76)/t44-,52-,53-,54-,55+,56+/m0/s1. The third-order valence-electron chi connectivity index (χ3n) is 17.2. The van der Waals surface area contributed by atoms with Crippen LogP contribution >= 0.6 is 0 Å². The van der Waals surface area contributed by atoms with Gasteiger partial charge in [-0.25, -0.2) is 0 Å². The number of guanidine groups is 2. The fraction of sp³-hybridized carbons (Fsp3) is 0.478. The van der Waals surface area contributed by atoms with E-state index in [0.29, 0.717) is 24.2 Å². The number of nitrogens with one attached hydrogen (secondary N) is 8. The fourth-order valence-electron chi connectivity index (χ4n) is 11.7. The van der Waals surface area contributed by atoms with Gasteiger partial charge in [-0.2, -0.15) is 0 Å². The van der Waals surface area contributed by atoms with E-state index in [1.165, 1.54) is 57.3 Å². The molecule has 0 aliphatic carbocycles. The highest BCUT2D eigenvalue weighted by Gasteiger charge is 2.36. The monoisotopic (exact) mass is 1430 g/mol. The van der Waals surface area contributed by atoms with E-state index < -0.39 is 108 Å². The minimum absolute atomic E-state index is 0.0168. The minimum Gasteiger partial charge on any atom is -0.508 e. The summed E-state index contributed by atoms with van der Waals surface area (Å²) in [5, 5.41) is 52.9. The summed E-state index contributed by atoms with van der Waals surface area (Å²) in [5.74, 6) is -8.95. The van der Waals surface area contributed by atoms with E-state index in [2.05, 4.69) is 52.5 Å². The van der Waals surface area contributed by atoms with E-state index in [4.69, 9.17) is 22.9 Å². The average molecular weight is 1430 g/mol. The van der Waals surface area contributed by atoms with E-state index in [0.717, 1.165) is 15.7 Å². The van der Waals surface area contributed by atoms with E-state index >= 15 is 0 Å². The van der Waals surface area contributed by atoms with Crippen LogP contribution in [-0.2, 0) is 65.6 Å². The molecule has 2 saturated heterocycles. The fourth-order valence-corrected chi connectivity index (χ4v) is 11.7. The molecule has 558 valence electrons. The van der Waals surface area contributed by atoms with E-state index in [-0.39, 0.29) is 171 Å². The second kappa shape index (κ2) is 41.2. The van der Waals surface area contributed by atoms with Gasteiger partial charge in [-0.1, -0.05) is 54.6 Å². The summed E-state index contributed by atoms with van der Waals surface area (Å²) in [4.78, 5) is 179. The molecule has 2 aliphatic rings. The summed E-state index contributed by atoms with van der Waals surface area (Å²) in [6.45, 7) is 3.53. The third-order valence-corrected chi connectivity index (χ3v) is 17.2. The Kier molecular flexibility index (Phi) is 32.4. The maximum Gasteiger partial charge on any atom is 0.317 e. The molecular weight excluding hydrogens is 1330 g/mol. The van der Waals surface area contributed by atoms with Gasteiger partial charge in [0.25, 0.3) is 5.91 Å². The van der Waals surface area contributed by atoms with Crippen molar-refractivity contribution >= 4 is 99.3 Å². The van der Waals surface area contributed by atoms with E-state index in [9.17, 15) is 72.9 Å². The number of anilines is 1. The molecule has 34 heteroatoms. The van der Waals surface area contributed by atoms with Crippen LogP contribution in [0, 0.1) is 0 Å². The Morgan fingerprint density at radius 1 is 0.592 bits per heavy atom. The molecule has 19 N–H and O–H groups in total. The van der Waals surface area contributed by atoms with Crippen LogP contribution in [0.15, 0.2) is 101 Å². The van der Waals surface area contributed by atoms with Crippen molar-refractivity contribution in [3.63, 3.8) is 0 Å². The number of likely N-dealkylation sites (N-methyl/N-ethyl adjacent to an activating group) is 1. The van der Waals surface area contributed by atoms with Gasteiger partial charge in [-0.3, -0.25) is 87.1 Å². The molecule has 0 bridgehead atoms. The van der Waals surface area contributed by atoms with Crippen LogP contribution in [0.5, 0.6) is 5.75 Å². The van der Waals surface area contributed by atoms with Crippen LogP contribution in [0.3, 0.4) is 0 Å². The zero-order valence-corrected chi connectivity index (χ0v) is 58.3. The smallest absolute Gasteiger partial charge is 0.317 e. The molecule has 0 aromatic heterocycles. The molecule has 6 rings (SSSR count). The van der Waals surface area contributed by atoms with Gasteiger partial charge in [0.05, 0.1) is 32.7 Å². The molecule has 9 amide bonds. The Labute approximate surface area is 596 Å². The van der Waals surface area contributed by atoms with Crippen LogP contribution in [0.4, 0.5) is 5.69 Å². The number of aromatic hydroxyl groups is 1. The first kappa shape index (κ1) is 81.1. The van der Waals surface area contributed by atoms with E-state index in [1.807, 2.05) is 47.4 Å². The summed E-state index contributed by atoms with van der Waals surface area (Å²) in [5.41, 5.74) is 23.9. The number of carbonyl (C=O) groups is 12. The Bertz CT molecular complexity index is 3630. The zero-order chi connectivity index (χ0) is 75.1. The van der Waals surface area contributed by atoms with Crippen molar-refractivity contribution in [2.45, 2.75) is 101 Å². The number of phenolic OH excluding ortho intramolecular Hbond substituents is 1. The zero-order valence-electron chi connectivity index (χ0n) is 58.3. The van der Waals surface area contributed by atoms with Crippen LogP contribution in [-0.4, -0.2) is 271 Å². The summed E-state index contributed by atoms with van der Waals surface area (Å²) in [6.07, 6.45) is 0.301. The number of hydrogen-bond acceptors (Lipinski definition) is 19. The minimum atomic E-state index is -1.33. The van der Waals surface area contributed by atoms with Crippen molar-refractivity contribution in [2.75, 3.05) is 117 Å². The predicted octanol–water partition coefficient (Wildman–Crippen LogP) is -3.03. The quantitative estimate of drug-likeness (QED) is 0.0140. The first-order valence-electron chi connectivity index (χ1n) is 34.0. The lowest BCUT2D eigenvalue weighted by molar-refractivity contribution is -0.142. The SMILES string of the molecule is CC(=O)CN1CCN(CC(=O)O)CCN(CC(=O)O)CCN(CC(=O)N[C@@H](CCCN=C(N)N)C(=O)N[C@@H](C)C(=O)Nc2ccc(C(=O)NCCC[C@@H]3C(=O)N[C@@H](CCCN=C(N)N)C(=O)N[C@@H](Cc4ccc5ccccc5c4)C(=O)NCC(=O)N[C@H](Cc4ccc(O)cc4)C(=O)N3C)cc2)CC1. The van der Waals surface area contributed by atoms with Crippen molar-refractivity contribution in [2.24, 2.45) is 32.9 Å². The molecule has 0 radical (unpaired) electrons. The molecule has 0 unspecified atom stereocenters. The molecule has 4 aromatic carbocycles. The van der Waals surface area contributed by atoms with Crippen molar-refractivity contribution in [1.29, 1.82) is 0 Å². The molecule has 103 heavy (non-hydrogen) atoms. The first-order valence-corrected chi connectivity index (χ1v) is 34.0. The van der Waals surface area contributed by atoms with Crippen molar-refractivity contribution in [3.8, 4) is 5.75 Å². The normalized spacial score (nSPS) is 18.8. The molecule has 0 saturated carbocycles. The Balaban J connectivity index is 1.12. The number of nitrogens with zero attached hydrogens (tertiary/aromatic N) is 7. The molecule has 4 aromatic rings. The number of ketones is 1. The maximum absolute atomic E-state index is 14.8. The van der Waals surface area contributed by atoms with Gasteiger partial charge in [0.15, 0.2) is 11.9 Å². The summed E-state index contributed by atoms with van der Waals surface area (Å²) >= 11 is 0. The number of rotatable bonds is 30. The molecule has 2 aliphatic heterocycles. The second-order valence-electron chi connectivity index (χ2n) is 25.5. The van der Waals surface area contributed by atoms with Crippen LogP contribution in [0.25, 0.3) is 10.8 Å². The number of benzene rings is 4. The second-order valence-corrected chi connectivity index (χ2v) is 25.5. The molecule has 6 atom stereocenters. The Morgan fingerprint density at radius 2 is 1.15 bits per heavy atom. The molecule has 34 nitrogen and oxygen atoms in total.